The van der Waals surface area contributed by atoms with Gasteiger partial charge >= 0.3 is 0 Å². The maximum atomic E-state index is 11.8. The van der Waals surface area contributed by atoms with Crippen LogP contribution in [0.25, 0.3) is 0 Å². The molecule has 0 spiro atoms. The first-order valence-corrected chi connectivity index (χ1v) is 5.55. The minimum absolute atomic E-state index is 0.0282. The number of nitrogens with zero attached hydrogens (tertiary/aromatic N) is 1. The second-order valence-electron chi connectivity index (χ2n) is 3.95. The van der Waals surface area contributed by atoms with Gasteiger partial charge in [-0.15, -0.1) is 0 Å². The maximum absolute atomic E-state index is 11.8. The predicted molar refractivity (Wildman–Crippen MR) is 61.6 cm³/mol. The second kappa shape index (κ2) is 7.65. The second-order valence-corrected chi connectivity index (χ2v) is 3.95. The molecule has 2 N–H and O–H groups in total. The van der Waals surface area contributed by atoms with E-state index in [0.717, 1.165) is 12.8 Å². The Kier molecular flexibility index (Phi) is 7.34. The lowest BCUT2D eigenvalue weighted by molar-refractivity contribution is -0.133. The van der Waals surface area contributed by atoms with Crippen molar-refractivity contribution in [3.05, 3.63) is 0 Å². The number of amides is 1. The summed E-state index contributed by atoms with van der Waals surface area (Å²) in [6, 6.07) is -0.134. The molecule has 0 aromatic heterocycles. The van der Waals surface area contributed by atoms with Crippen molar-refractivity contribution in [1.29, 1.82) is 0 Å². The summed E-state index contributed by atoms with van der Waals surface area (Å²) in [5.74, 6) is 0.0282. The van der Waals surface area contributed by atoms with Crippen molar-refractivity contribution in [2.75, 3.05) is 20.8 Å². The molecule has 0 aromatic carbocycles. The van der Waals surface area contributed by atoms with Gasteiger partial charge in [-0.1, -0.05) is 6.92 Å². The molecule has 2 unspecified atom stereocenters. The molecule has 2 atom stereocenters. The molecule has 0 aliphatic heterocycles. The molecule has 15 heavy (non-hydrogen) atoms. The Bertz CT molecular complexity index is 185. The molecule has 4 nitrogen and oxygen atoms in total. The van der Waals surface area contributed by atoms with E-state index in [1.165, 1.54) is 0 Å². The van der Waals surface area contributed by atoms with Gasteiger partial charge in [0.05, 0.1) is 6.04 Å². The number of methoxy groups -OCH3 is 1. The zero-order valence-electron chi connectivity index (χ0n) is 10.3. The van der Waals surface area contributed by atoms with Crippen LogP contribution in [0.3, 0.4) is 0 Å². The van der Waals surface area contributed by atoms with E-state index in [-0.39, 0.29) is 18.0 Å². The van der Waals surface area contributed by atoms with Gasteiger partial charge < -0.3 is 15.4 Å². The standard InChI is InChI=1S/C11H24N2O2/c1-5-9(2)13(3)11(14)10(12)7-6-8-15-4/h9-10H,5-8,12H2,1-4H3. The Morgan fingerprint density at radius 2 is 2.13 bits per heavy atom. The molecule has 0 saturated carbocycles. The number of hydrogen-bond acceptors (Lipinski definition) is 3. The summed E-state index contributed by atoms with van der Waals surface area (Å²) in [5, 5.41) is 0. The first kappa shape index (κ1) is 14.4. The van der Waals surface area contributed by atoms with Gasteiger partial charge in [-0.2, -0.15) is 0 Å². The van der Waals surface area contributed by atoms with Crippen LogP contribution in [0.15, 0.2) is 0 Å². The van der Waals surface area contributed by atoms with Crippen LogP contribution in [0.1, 0.15) is 33.1 Å². The summed E-state index contributed by atoms with van der Waals surface area (Å²) in [7, 11) is 3.46. The molecule has 0 rings (SSSR count). The Morgan fingerprint density at radius 1 is 1.53 bits per heavy atom. The van der Waals surface area contributed by atoms with Gasteiger partial charge in [0.15, 0.2) is 0 Å². The quantitative estimate of drug-likeness (QED) is 0.646. The highest BCUT2D eigenvalue weighted by Gasteiger charge is 2.20. The Hall–Kier alpha value is -0.610. The van der Waals surface area contributed by atoms with Gasteiger partial charge in [-0.25, -0.2) is 0 Å². The van der Waals surface area contributed by atoms with Gasteiger partial charge in [0.1, 0.15) is 0 Å². The molecule has 0 aromatic rings. The molecule has 0 radical (unpaired) electrons. The van der Waals surface area contributed by atoms with Crippen LogP contribution >= 0.6 is 0 Å². The number of carbonyl (C=O) groups is 1. The summed E-state index contributed by atoms with van der Waals surface area (Å²) in [6.45, 7) is 4.75. The van der Waals surface area contributed by atoms with E-state index in [1.807, 2.05) is 14.0 Å². The normalized spacial score (nSPS) is 14.7. The molecule has 0 heterocycles. The molecule has 0 aliphatic rings. The van der Waals surface area contributed by atoms with Crippen LogP contribution in [0.2, 0.25) is 0 Å². The summed E-state index contributed by atoms with van der Waals surface area (Å²) < 4.78 is 4.92. The highest BCUT2D eigenvalue weighted by Crippen LogP contribution is 2.05. The zero-order chi connectivity index (χ0) is 11.8. The number of carbonyl (C=O) groups excluding carboxylic acids is 1. The summed E-state index contributed by atoms with van der Waals surface area (Å²) in [5.41, 5.74) is 5.80. The lowest BCUT2D eigenvalue weighted by Gasteiger charge is -2.26. The molecular formula is C11H24N2O2. The Balaban J connectivity index is 3.96. The van der Waals surface area contributed by atoms with Crippen LogP contribution in [0.5, 0.6) is 0 Å². The minimum Gasteiger partial charge on any atom is -0.385 e. The fourth-order valence-corrected chi connectivity index (χ4v) is 1.32. The maximum Gasteiger partial charge on any atom is 0.239 e. The average molecular weight is 216 g/mol. The van der Waals surface area contributed by atoms with Crippen LogP contribution in [-0.2, 0) is 9.53 Å². The third kappa shape index (κ3) is 5.14. The van der Waals surface area contributed by atoms with Crippen molar-refractivity contribution in [2.45, 2.75) is 45.2 Å². The lowest BCUT2D eigenvalue weighted by Crippen LogP contribution is -2.45. The summed E-state index contributed by atoms with van der Waals surface area (Å²) in [4.78, 5) is 13.5. The number of rotatable bonds is 7. The summed E-state index contributed by atoms with van der Waals surface area (Å²) >= 11 is 0. The van der Waals surface area contributed by atoms with Crippen molar-refractivity contribution in [3.8, 4) is 0 Å². The van der Waals surface area contributed by atoms with E-state index in [2.05, 4.69) is 6.92 Å². The van der Waals surface area contributed by atoms with Crippen LogP contribution in [0.4, 0.5) is 0 Å². The third-order valence-corrected chi connectivity index (χ3v) is 2.78. The number of ether oxygens (including phenoxy) is 1. The molecule has 0 bridgehead atoms. The molecule has 4 heteroatoms. The lowest BCUT2D eigenvalue weighted by atomic mass is 10.1. The fourth-order valence-electron chi connectivity index (χ4n) is 1.32. The molecule has 0 fully saturated rings. The van der Waals surface area contributed by atoms with E-state index < -0.39 is 0 Å². The monoisotopic (exact) mass is 216 g/mol. The predicted octanol–water partition coefficient (Wildman–Crippen LogP) is 0.997. The van der Waals surface area contributed by atoms with Gasteiger partial charge in [0.2, 0.25) is 5.91 Å². The average Bonchev–Trinajstić information content (AvgIpc) is 2.26. The molecule has 1 amide bonds. The van der Waals surface area contributed by atoms with Crippen LogP contribution < -0.4 is 5.73 Å². The van der Waals surface area contributed by atoms with Gasteiger partial charge in [-0.3, -0.25) is 4.79 Å². The minimum atomic E-state index is -0.390. The Labute approximate surface area is 92.8 Å². The largest absolute Gasteiger partial charge is 0.385 e. The smallest absolute Gasteiger partial charge is 0.239 e. The first-order chi connectivity index (χ1) is 7.04. The van der Waals surface area contributed by atoms with E-state index >= 15 is 0 Å². The van der Waals surface area contributed by atoms with Gasteiger partial charge in [0, 0.05) is 26.8 Å². The van der Waals surface area contributed by atoms with Crippen molar-refractivity contribution in [1.82, 2.24) is 4.90 Å². The highest BCUT2D eigenvalue weighted by molar-refractivity contribution is 5.81. The van der Waals surface area contributed by atoms with Crippen molar-refractivity contribution < 1.29 is 9.53 Å². The Morgan fingerprint density at radius 3 is 2.60 bits per heavy atom. The van der Waals surface area contributed by atoms with E-state index in [0.29, 0.717) is 13.0 Å². The van der Waals surface area contributed by atoms with Gasteiger partial charge in [-0.05, 0) is 26.2 Å². The number of nitrogens with two attached hydrogens (primary N) is 1. The van der Waals surface area contributed by atoms with E-state index in [4.69, 9.17) is 10.5 Å². The summed E-state index contributed by atoms with van der Waals surface area (Å²) in [6.07, 6.45) is 2.47. The topological polar surface area (TPSA) is 55.6 Å². The van der Waals surface area contributed by atoms with Crippen molar-refractivity contribution >= 4 is 5.91 Å². The fraction of sp³-hybridized carbons (Fsp3) is 0.909. The molecular weight excluding hydrogens is 192 g/mol. The van der Waals surface area contributed by atoms with Crippen molar-refractivity contribution in [2.24, 2.45) is 5.73 Å². The number of likely N-dealkylation sites (N-methyl/N-ethyl adjacent to an activating group) is 1. The number of hydrogen-bond donors (Lipinski definition) is 1. The van der Waals surface area contributed by atoms with E-state index in [1.54, 1.807) is 12.0 Å². The van der Waals surface area contributed by atoms with Crippen molar-refractivity contribution in [3.63, 3.8) is 0 Å². The third-order valence-electron chi connectivity index (χ3n) is 2.78. The van der Waals surface area contributed by atoms with Gasteiger partial charge in [0.25, 0.3) is 0 Å². The highest BCUT2D eigenvalue weighted by atomic mass is 16.5. The molecule has 0 aliphatic carbocycles. The van der Waals surface area contributed by atoms with Crippen LogP contribution in [0, 0.1) is 0 Å². The molecule has 0 saturated heterocycles. The SMILES string of the molecule is CCC(C)N(C)C(=O)C(N)CCCOC. The van der Waals surface area contributed by atoms with E-state index in [9.17, 15) is 4.79 Å². The zero-order valence-corrected chi connectivity index (χ0v) is 10.3. The first-order valence-electron chi connectivity index (χ1n) is 5.55. The molecule has 90 valence electrons. The van der Waals surface area contributed by atoms with Crippen LogP contribution in [-0.4, -0.2) is 43.7 Å².